The molecule has 1 aromatic rings. The second-order valence-corrected chi connectivity index (χ2v) is 9.90. The number of thioether (sulfide) groups is 2. The fourth-order valence-corrected chi connectivity index (χ4v) is 8.60. The first-order valence-corrected chi connectivity index (χ1v) is 10.5. The van der Waals surface area contributed by atoms with Crippen molar-refractivity contribution in [1.82, 2.24) is 4.90 Å². The highest BCUT2D eigenvalue weighted by atomic mass is 32.2. The molecular formula is C15H16N2O3S2Si. The van der Waals surface area contributed by atoms with Crippen LogP contribution >= 0.6 is 23.5 Å². The number of aliphatic carboxylic acids is 1. The number of para-hydroxylation sites is 1. The van der Waals surface area contributed by atoms with E-state index in [-0.39, 0.29) is 22.3 Å². The van der Waals surface area contributed by atoms with Crippen molar-refractivity contribution >= 4 is 44.1 Å². The van der Waals surface area contributed by atoms with Crippen LogP contribution in [0.4, 0.5) is 0 Å². The predicted molar refractivity (Wildman–Crippen MR) is 94.8 cm³/mol. The number of nitrogens with zero attached hydrogens (tertiary/aromatic N) is 2. The fraction of sp³-hybridized carbons (Fsp3) is 0.467. The van der Waals surface area contributed by atoms with Gasteiger partial charge in [-0.05, 0) is 19.2 Å². The Morgan fingerprint density at radius 1 is 1.48 bits per heavy atom. The summed E-state index contributed by atoms with van der Waals surface area (Å²) in [4.78, 5) is 18.2. The average Bonchev–Trinajstić information content (AvgIpc) is 2.85. The molecule has 5 nitrogen and oxygen atoms in total. The van der Waals surface area contributed by atoms with Gasteiger partial charge in [-0.15, -0.1) is 23.5 Å². The van der Waals surface area contributed by atoms with Gasteiger partial charge >= 0.3 is 5.97 Å². The quantitative estimate of drug-likeness (QED) is 0.793. The van der Waals surface area contributed by atoms with E-state index in [9.17, 15) is 15.0 Å². The van der Waals surface area contributed by atoms with E-state index < -0.39 is 5.97 Å². The van der Waals surface area contributed by atoms with E-state index >= 15 is 0 Å². The SMILES string of the molecule is CN1[C@@H](C(=O)O)CS[C@H]1C1[Si][C@]12CSC(c1ccccc1O)=N2. The summed E-state index contributed by atoms with van der Waals surface area (Å²) in [6.45, 7) is 0. The van der Waals surface area contributed by atoms with Crippen LogP contribution in [0, 0.1) is 0 Å². The number of hydrogen-bond acceptors (Lipinski definition) is 6. The third kappa shape index (κ3) is 2.52. The Hall–Kier alpha value is -0.963. The number of carbonyl (C=O) groups is 1. The molecule has 8 heteroatoms. The minimum Gasteiger partial charge on any atom is -0.507 e. The molecule has 1 unspecified atom stereocenters. The van der Waals surface area contributed by atoms with Crippen molar-refractivity contribution in [2.24, 2.45) is 4.99 Å². The molecule has 3 aliphatic rings. The zero-order valence-electron chi connectivity index (χ0n) is 12.5. The van der Waals surface area contributed by atoms with Gasteiger partial charge in [0.25, 0.3) is 0 Å². The monoisotopic (exact) mass is 364 g/mol. The molecule has 3 heterocycles. The lowest BCUT2D eigenvalue weighted by atomic mass is 10.2. The predicted octanol–water partition coefficient (Wildman–Crippen LogP) is 1.55. The molecule has 23 heavy (non-hydrogen) atoms. The molecule has 3 aliphatic heterocycles. The first-order chi connectivity index (χ1) is 11.0. The maximum Gasteiger partial charge on any atom is 0.321 e. The van der Waals surface area contributed by atoms with Crippen molar-refractivity contribution in [3.63, 3.8) is 0 Å². The lowest BCUT2D eigenvalue weighted by Gasteiger charge is -2.23. The number of rotatable bonds is 3. The first kappa shape index (κ1) is 15.6. The van der Waals surface area contributed by atoms with Crippen molar-refractivity contribution in [3.05, 3.63) is 29.8 Å². The number of aliphatic imine (C=N–C) groups is 1. The van der Waals surface area contributed by atoms with Crippen LogP contribution < -0.4 is 0 Å². The van der Waals surface area contributed by atoms with Gasteiger partial charge in [0.1, 0.15) is 16.8 Å². The summed E-state index contributed by atoms with van der Waals surface area (Å²) in [6, 6.07) is 6.93. The summed E-state index contributed by atoms with van der Waals surface area (Å²) in [5.41, 5.74) is 1.23. The zero-order valence-corrected chi connectivity index (χ0v) is 15.1. The molecule has 120 valence electrons. The van der Waals surface area contributed by atoms with Crippen LogP contribution in [-0.2, 0) is 4.79 Å². The minimum atomic E-state index is -0.736. The maximum absolute atomic E-state index is 11.3. The van der Waals surface area contributed by atoms with Crippen molar-refractivity contribution < 1.29 is 15.0 Å². The zero-order chi connectivity index (χ0) is 16.2. The molecule has 0 bridgehead atoms. The van der Waals surface area contributed by atoms with E-state index in [1.165, 1.54) is 0 Å². The number of benzene rings is 1. The van der Waals surface area contributed by atoms with Crippen LogP contribution in [0.5, 0.6) is 5.75 Å². The van der Waals surface area contributed by atoms with Crippen molar-refractivity contribution in [3.8, 4) is 5.75 Å². The summed E-state index contributed by atoms with van der Waals surface area (Å²) in [7, 11) is 2.65. The van der Waals surface area contributed by atoms with E-state index in [1.807, 2.05) is 30.1 Å². The van der Waals surface area contributed by atoms with Gasteiger partial charge in [-0.3, -0.25) is 14.7 Å². The molecule has 1 spiro atoms. The minimum absolute atomic E-state index is 0.0401. The van der Waals surface area contributed by atoms with Gasteiger partial charge in [0.15, 0.2) is 0 Å². The summed E-state index contributed by atoms with van der Waals surface area (Å²) in [5, 5.41) is 20.4. The highest BCUT2D eigenvalue weighted by Gasteiger charge is 2.63. The van der Waals surface area contributed by atoms with E-state index in [2.05, 4.69) is 0 Å². The molecule has 2 saturated heterocycles. The number of carboxylic acid groups (broad SMARTS) is 1. The van der Waals surface area contributed by atoms with Crippen LogP contribution in [0.1, 0.15) is 5.56 Å². The fourth-order valence-electron chi connectivity index (χ4n) is 3.16. The first-order valence-electron chi connectivity index (χ1n) is 7.37. The smallest absolute Gasteiger partial charge is 0.321 e. The Balaban J connectivity index is 1.53. The number of likely N-dealkylation sites (N-methyl/N-ethyl adjacent to an activating group) is 1. The Bertz CT molecular complexity index is 701. The van der Waals surface area contributed by atoms with E-state index in [1.54, 1.807) is 29.6 Å². The normalized spacial score (nSPS) is 36.4. The molecular weight excluding hydrogens is 348 g/mol. The van der Waals surface area contributed by atoms with Crippen LogP contribution in [0.15, 0.2) is 29.3 Å². The summed E-state index contributed by atoms with van der Waals surface area (Å²) < 4.78 is 0. The van der Waals surface area contributed by atoms with Gasteiger partial charge in [0, 0.05) is 22.6 Å². The standard InChI is InChI=1S/C15H16N2O3S2Si/c1-17-9(14(19)20)6-21-13(17)11-15(23-11)7-22-12(16-15)8-4-2-3-5-10(8)18/h2-5,9,11,13,18H,6-7H2,1H3,(H,19,20)/t9-,11?,13+,15-/m1/s1. The van der Waals surface area contributed by atoms with Crippen LogP contribution in [0.25, 0.3) is 0 Å². The third-order valence-electron chi connectivity index (χ3n) is 4.59. The second kappa shape index (κ2) is 5.54. The molecule has 4 atom stereocenters. The molecule has 1 aromatic carbocycles. The van der Waals surface area contributed by atoms with Crippen molar-refractivity contribution in [2.75, 3.05) is 18.6 Å². The highest BCUT2D eigenvalue weighted by molar-refractivity contribution is 8.14. The topological polar surface area (TPSA) is 73.1 Å². The van der Waals surface area contributed by atoms with Gasteiger partial charge in [0.05, 0.1) is 20.1 Å². The summed E-state index contributed by atoms with van der Waals surface area (Å²) >= 11 is 3.45. The van der Waals surface area contributed by atoms with Crippen LogP contribution in [-0.4, -0.2) is 70.8 Å². The largest absolute Gasteiger partial charge is 0.507 e. The Morgan fingerprint density at radius 3 is 2.96 bits per heavy atom. The Kier molecular flexibility index (Phi) is 3.75. The van der Waals surface area contributed by atoms with Gasteiger partial charge in [-0.1, -0.05) is 12.1 Å². The molecule has 0 aromatic heterocycles. The number of carboxylic acids is 1. The number of aromatic hydroxyl groups is 1. The third-order valence-corrected chi connectivity index (χ3v) is 9.60. The number of phenols is 1. The molecule has 2 radical (unpaired) electrons. The lowest BCUT2D eigenvalue weighted by Crippen LogP contribution is -2.39. The molecule has 0 amide bonds. The van der Waals surface area contributed by atoms with Crippen LogP contribution in [0.2, 0.25) is 5.54 Å². The second-order valence-electron chi connectivity index (χ2n) is 6.01. The van der Waals surface area contributed by atoms with E-state index in [4.69, 9.17) is 4.99 Å². The van der Waals surface area contributed by atoms with E-state index in [0.29, 0.717) is 11.3 Å². The van der Waals surface area contributed by atoms with E-state index in [0.717, 1.165) is 25.9 Å². The highest BCUT2D eigenvalue weighted by Crippen LogP contribution is 2.57. The van der Waals surface area contributed by atoms with Crippen LogP contribution in [0.3, 0.4) is 0 Å². The number of hydrogen-bond donors (Lipinski definition) is 2. The Morgan fingerprint density at radius 2 is 2.26 bits per heavy atom. The van der Waals surface area contributed by atoms with Gasteiger partial charge in [0.2, 0.25) is 0 Å². The van der Waals surface area contributed by atoms with Gasteiger partial charge in [-0.2, -0.15) is 0 Å². The lowest BCUT2D eigenvalue weighted by molar-refractivity contribution is -0.141. The molecule has 0 aliphatic carbocycles. The van der Waals surface area contributed by atoms with Gasteiger partial charge in [-0.25, -0.2) is 0 Å². The molecule has 2 N–H and O–H groups in total. The molecule has 4 rings (SSSR count). The molecule has 2 fully saturated rings. The number of phenolic OH excluding ortho intramolecular Hbond substituents is 1. The molecule has 0 saturated carbocycles. The average molecular weight is 365 g/mol. The van der Waals surface area contributed by atoms with Crippen molar-refractivity contribution in [2.45, 2.75) is 22.1 Å². The maximum atomic E-state index is 11.3. The van der Waals surface area contributed by atoms with Crippen molar-refractivity contribution in [1.29, 1.82) is 0 Å². The Labute approximate surface area is 145 Å². The summed E-state index contributed by atoms with van der Waals surface area (Å²) in [5.74, 6) is 1.12. The summed E-state index contributed by atoms with van der Waals surface area (Å²) in [6.07, 6.45) is 0. The van der Waals surface area contributed by atoms with Gasteiger partial charge < -0.3 is 10.2 Å².